The molecule has 0 aliphatic carbocycles. The molecular weight excluding hydrogens is 390 g/mol. The molecule has 0 saturated carbocycles. The number of amides is 1. The fraction of sp³-hybridized carbons (Fsp3) is 0.227. The van der Waals surface area contributed by atoms with Crippen LogP contribution in [0.25, 0.3) is 11.6 Å². The van der Waals surface area contributed by atoms with Crippen LogP contribution in [0.3, 0.4) is 0 Å². The van der Waals surface area contributed by atoms with Crippen LogP contribution in [-0.2, 0) is 4.79 Å². The van der Waals surface area contributed by atoms with Gasteiger partial charge in [0, 0.05) is 17.7 Å². The van der Waals surface area contributed by atoms with E-state index in [1.807, 2.05) is 53.4 Å². The Hall–Kier alpha value is -2.51. The number of rotatable bonds is 5. The second-order valence-electron chi connectivity index (χ2n) is 6.57. The van der Waals surface area contributed by atoms with Crippen molar-refractivity contribution in [1.82, 2.24) is 0 Å². The van der Waals surface area contributed by atoms with Crippen molar-refractivity contribution in [2.75, 3.05) is 18.1 Å². The molecule has 0 radical (unpaired) electrons. The van der Waals surface area contributed by atoms with E-state index in [-0.39, 0.29) is 12.5 Å². The molecule has 1 aliphatic heterocycles. The van der Waals surface area contributed by atoms with Crippen LogP contribution in [0, 0.1) is 18.3 Å². The average molecular weight is 410 g/mol. The Kier molecular flexibility index (Phi) is 5.49. The van der Waals surface area contributed by atoms with Crippen molar-refractivity contribution in [3.63, 3.8) is 0 Å². The van der Waals surface area contributed by atoms with Crippen molar-refractivity contribution >= 4 is 39.2 Å². The highest BCUT2D eigenvalue weighted by molar-refractivity contribution is 9.10. The summed E-state index contributed by atoms with van der Waals surface area (Å²) in [5.74, 6) is 3.58. The van der Waals surface area contributed by atoms with E-state index >= 15 is 0 Å². The number of para-hydroxylation sites is 1. The first kappa shape index (κ1) is 18.3. The van der Waals surface area contributed by atoms with Gasteiger partial charge in [-0.3, -0.25) is 4.79 Å². The maximum atomic E-state index is 13.0. The number of carbonyl (C=O) groups is 1. The van der Waals surface area contributed by atoms with E-state index in [9.17, 15) is 4.79 Å². The lowest BCUT2D eigenvalue weighted by Gasteiger charge is -2.19. The van der Waals surface area contributed by atoms with Crippen molar-refractivity contribution in [3.05, 3.63) is 58.1 Å². The fourth-order valence-electron chi connectivity index (χ4n) is 3.00. The van der Waals surface area contributed by atoms with Crippen molar-refractivity contribution in [2.24, 2.45) is 5.92 Å². The minimum atomic E-state index is 0.0451. The Labute approximate surface area is 162 Å². The molecule has 0 fully saturated rings. The van der Waals surface area contributed by atoms with Crippen LogP contribution in [0.2, 0.25) is 0 Å². The highest BCUT2D eigenvalue weighted by Crippen LogP contribution is 2.38. The predicted octanol–water partition coefficient (Wildman–Crippen LogP) is 5.00. The summed E-state index contributed by atoms with van der Waals surface area (Å²) in [5.41, 5.74) is 3.59. The first-order valence-electron chi connectivity index (χ1n) is 8.50. The van der Waals surface area contributed by atoms with Crippen LogP contribution in [0.1, 0.15) is 25.0 Å². The van der Waals surface area contributed by atoms with E-state index in [0.29, 0.717) is 23.8 Å². The number of hydrogen-bond acceptors (Lipinski definition) is 2. The molecule has 0 saturated heterocycles. The van der Waals surface area contributed by atoms with Gasteiger partial charge in [-0.2, -0.15) is 0 Å². The number of carbonyl (C=O) groups excluding carboxylic acids is 1. The van der Waals surface area contributed by atoms with E-state index < -0.39 is 0 Å². The zero-order valence-corrected chi connectivity index (χ0v) is 16.4. The van der Waals surface area contributed by atoms with E-state index in [4.69, 9.17) is 11.2 Å². The summed E-state index contributed by atoms with van der Waals surface area (Å²) in [5, 5.41) is 0. The molecule has 0 bridgehead atoms. The summed E-state index contributed by atoms with van der Waals surface area (Å²) in [6.45, 7) is 5.15. The first-order chi connectivity index (χ1) is 12.5. The molecule has 0 N–H and O–H groups in total. The minimum Gasteiger partial charge on any atom is -0.480 e. The van der Waals surface area contributed by atoms with E-state index in [1.54, 1.807) is 0 Å². The lowest BCUT2D eigenvalue weighted by molar-refractivity contribution is -0.113. The van der Waals surface area contributed by atoms with Crippen LogP contribution < -0.4 is 9.64 Å². The zero-order chi connectivity index (χ0) is 18.7. The molecule has 132 valence electrons. The van der Waals surface area contributed by atoms with Crippen molar-refractivity contribution in [1.29, 1.82) is 0 Å². The molecule has 1 amide bonds. The Morgan fingerprint density at radius 1 is 1.27 bits per heavy atom. The van der Waals surface area contributed by atoms with Gasteiger partial charge in [0.1, 0.15) is 12.4 Å². The van der Waals surface area contributed by atoms with Gasteiger partial charge in [0.2, 0.25) is 0 Å². The second-order valence-corrected chi connectivity index (χ2v) is 7.42. The summed E-state index contributed by atoms with van der Waals surface area (Å²) >= 11 is 3.50. The van der Waals surface area contributed by atoms with Gasteiger partial charge in [-0.1, -0.05) is 44.0 Å². The van der Waals surface area contributed by atoms with Gasteiger partial charge in [0.25, 0.3) is 5.91 Å². The number of anilines is 1. The highest BCUT2D eigenvalue weighted by atomic mass is 79.9. The number of hydrogen-bond donors (Lipinski definition) is 0. The van der Waals surface area contributed by atoms with Crippen LogP contribution in [0.15, 0.2) is 46.9 Å². The van der Waals surface area contributed by atoms with E-state index in [1.165, 1.54) is 0 Å². The quantitative estimate of drug-likeness (QED) is 0.513. The number of nitrogens with zero attached hydrogens (tertiary/aromatic N) is 1. The zero-order valence-electron chi connectivity index (χ0n) is 14.8. The maximum Gasteiger partial charge on any atom is 0.259 e. The largest absolute Gasteiger partial charge is 0.480 e. The molecule has 3 nitrogen and oxygen atoms in total. The van der Waals surface area contributed by atoms with Crippen LogP contribution in [-0.4, -0.2) is 19.1 Å². The third kappa shape index (κ3) is 3.68. The summed E-state index contributed by atoms with van der Waals surface area (Å²) in [6, 6.07) is 13.6. The standard InChI is InChI=1S/C22H20BrNO2/c1-4-11-26-21-10-9-16(13-19(21)23)12-18-17-7-5-6-8-20(17)24(22(18)25)14-15(2)3/h1,5-10,12-13,15H,11,14H2,2-3H3/b18-12-. The van der Waals surface area contributed by atoms with Crippen LogP contribution >= 0.6 is 15.9 Å². The monoisotopic (exact) mass is 409 g/mol. The van der Waals surface area contributed by atoms with Gasteiger partial charge < -0.3 is 9.64 Å². The van der Waals surface area contributed by atoms with Crippen LogP contribution in [0.5, 0.6) is 5.75 Å². The lowest BCUT2D eigenvalue weighted by Crippen LogP contribution is -2.30. The van der Waals surface area contributed by atoms with E-state index in [0.717, 1.165) is 21.3 Å². The Morgan fingerprint density at radius 3 is 2.73 bits per heavy atom. The molecule has 3 rings (SSSR count). The average Bonchev–Trinajstić information content (AvgIpc) is 2.87. The van der Waals surface area contributed by atoms with Gasteiger partial charge in [-0.05, 0) is 51.7 Å². The Balaban J connectivity index is 1.97. The number of ether oxygens (including phenoxy) is 1. The van der Waals surface area contributed by atoms with Crippen LogP contribution in [0.4, 0.5) is 5.69 Å². The van der Waals surface area contributed by atoms with E-state index in [2.05, 4.69) is 35.7 Å². The number of benzene rings is 2. The molecule has 0 unspecified atom stereocenters. The van der Waals surface area contributed by atoms with Gasteiger partial charge in [0.15, 0.2) is 0 Å². The normalized spacial score (nSPS) is 14.7. The highest BCUT2D eigenvalue weighted by Gasteiger charge is 2.32. The molecule has 26 heavy (non-hydrogen) atoms. The molecular formula is C22H20BrNO2. The van der Waals surface area contributed by atoms with Crippen molar-refractivity contribution in [2.45, 2.75) is 13.8 Å². The minimum absolute atomic E-state index is 0.0451. The molecule has 0 atom stereocenters. The number of halogens is 1. The SMILES string of the molecule is C#CCOc1ccc(/C=C2\C(=O)N(CC(C)C)c3ccccc32)cc1Br. The Bertz CT molecular complexity index is 909. The lowest BCUT2D eigenvalue weighted by atomic mass is 10.0. The second kappa shape index (κ2) is 7.80. The van der Waals surface area contributed by atoms with Gasteiger partial charge in [-0.25, -0.2) is 0 Å². The first-order valence-corrected chi connectivity index (χ1v) is 9.29. The Morgan fingerprint density at radius 2 is 2.04 bits per heavy atom. The molecule has 2 aromatic carbocycles. The third-order valence-corrected chi connectivity index (χ3v) is 4.71. The van der Waals surface area contributed by atoms with Crippen molar-refractivity contribution in [3.8, 4) is 18.1 Å². The van der Waals surface area contributed by atoms with Crippen molar-refractivity contribution < 1.29 is 9.53 Å². The molecule has 4 heteroatoms. The number of terminal acetylenes is 1. The summed E-state index contributed by atoms with van der Waals surface area (Å²) < 4.78 is 6.28. The van der Waals surface area contributed by atoms with Gasteiger partial charge >= 0.3 is 0 Å². The number of fused-ring (bicyclic) bond motifs is 1. The third-order valence-electron chi connectivity index (χ3n) is 4.09. The molecule has 2 aromatic rings. The fourth-order valence-corrected chi connectivity index (χ4v) is 3.51. The smallest absolute Gasteiger partial charge is 0.259 e. The van der Waals surface area contributed by atoms with Gasteiger partial charge in [-0.15, -0.1) is 6.42 Å². The topological polar surface area (TPSA) is 29.5 Å². The summed E-state index contributed by atoms with van der Waals surface area (Å²) in [4.78, 5) is 14.9. The molecule has 1 aliphatic rings. The van der Waals surface area contributed by atoms with Gasteiger partial charge in [0.05, 0.1) is 10.2 Å². The summed E-state index contributed by atoms with van der Waals surface area (Å²) in [7, 11) is 0. The summed E-state index contributed by atoms with van der Waals surface area (Å²) in [6.07, 6.45) is 7.16. The maximum absolute atomic E-state index is 13.0. The molecule has 1 heterocycles. The predicted molar refractivity (Wildman–Crippen MR) is 110 cm³/mol. The molecule has 0 aromatic heterocycles. The molecule has 0 spiro atoms.